The van der Waals surface area contributed by atoms with Crippen molar-refractivity contribution in [3.05, 3.63) is 29.8 Å². The Morgan fingerprint density at radius 2 is 2.28 bits per heavy atom. The highest BCUT2D eigenvalue weighted by Crippen LogP contribution is 2.24. The lowest BCUT2D eigenvalue weighted by Gasteiger charge is -2.41. The van der Waals surface area contributed by atoms with E-state index in [1.54, 1.807) is 0 Å². The van der Waals surface area contributed by atoms with Gasteiger partial charge in [-0.15, -0.1) is 0 Å². The van der Waals surface area contributed by atoms with Crippen molar-refractivity contribution in [2.45, 2.75) is 32.4 Å². The standard InChI is InChI=1S/C14H21N3O/c1-10-4-3-5-12(8-10)17-11(2)9-16-14(18)13(17)6-7-15/h3-5,8,11,13H,6-7,9,15H2,1-2H3,(H,16,18). The summed E-state index contributed by atoms with van der Waals surface area (Å²) < 4.78 is 0. The zero-order valence-electron chi connectivity index (χ0n) is 11.0. The maximum Gasteiger partial charge on any atom is 0.242 e. The van der Waals surface area contributed by atoms with Gasteiger partial charge in [0.2, 0.25) is 5.91 Å². The third-order valence-corrected chi connectivity index (χ3v) is 3.42. The second kappa shape index (κ2) is 5.40. The predicted molar refractivity (Wildman–Crippen MR) is 73.6 cm³/mol. The first-order chi connectivity index (χ1) is 8.63. The van der Waals surface area contributed by atoms with Crippen LogP contribution in [0.5, 0.6) is 0 Å². The number of nitrogens with one attached hydrogen (secondary N) is 1. The highest BCUT2D eigenvalue weighted by Gasteiger charge is 2.33. The molecule has 1 aliphatic heterocycles. The minimum Gasteiger partial charge on any atom is -0.355 e. The van der Waals surface area contributed by atoms with E-state index in [1.165, 1.54) is 5.56 Å². The molecule has 4 heteroatoms. The summed E-state index contributed by atoms with van der Waals surface area (Å²) in [5, 5.41) is 2.94. The molecular formula is C14H21N3O. The van der Waals surface area contributed by atoms with E-state index in [0.29, 0.717) is 25.6 Å². The third kappa shape index (κ3) is 2.48. The van der Waals surface area contributed by atoms with Gasteiger partial charge in [-0.1, -0.05) is 12.1 Å². The lowest BCUT2D eigenvalue weighted by Crippen LogP contribution is -2.60. The van der Waals surface area contributed by atoms with Crippen LogP contribution in [0, 0.1) is 6.92 Å². The zero-order valence-corrected chi connectivity index (χ0v) is 11.0. The summed E-state index contributed by atoms with van der Waals surface area (Å²) in [7, 11) is 0. The number of nitrogens with two attached hydrogens (primary N) is 1. The van der Waals surface area contributed by atoms with Crippen LogP contribution >= 0.6 is 0 Å². The van der Waals surface area contributed by atoms with Crippen LogP contribution < -0.4 is 16.0 Å². The van der Waals surface area contributed by atoms with E-state index in [2.05, 4.69) is 42.3 Å². The molecule has 1 amide bonds. The molecule has 0 saturated carbocycles. The Morgan fingerprint density at radius 3 is 2.94 bits per heavy atom. The number of carbonyl (C=O) groups is 1. The monoisotopic (exact) mass is 247 g/mol. The molecule has 2 unspecified atom stereocenters. The van der Waals surface area contributed by atoms with Crippen LogP contribution in [0.2, 0.25) is 0 Å². The number of hydrogen-bond acceptors (Lipinski definition) is 3. The van der Waals surface area contributed by atoms with E-state index in [1.807, 2.05) is 6.07 Å². The molecule has 0 aliphatic carbocycles. The molecule has 0 aromatic heterocycles. The number of amides is 1. The highest BCUT2D eigenvalue weighted by atomic mass is 16.2. The van der Waals surface area contributed by atoms with Crippen LogP contribution in [-0.4, -0.2) is 31.1 Å². The number of nitrogens with zero attached hydrogens (tertiary/aromatic N) is 1. The molecule has 1 aromatic carbocycles. The summed E-state index contributed by atoms with van der Waals surface area (Å²) in [4.78, 5) is 14.2. The minimum atomic E-state index is -0.152. The van der Waals surface area contributed by atoms with Gasteiger partial charge in [0.1, 0.15) is 6.04 Å². The lowest BCUT2D eigenvalue weighted by molar-refractivity contribution is -0.123. The van der Waals surface area contributed by atoms with E-state index in [-0.39, 0.29) is 11.9 Å². The third-order valence-electron chi connectivity index (χ3n) is 3.42. The van der Waals surface area contributed by atoms with E-state index in [4.69, 9.17) is 5.73 Å². The fourth-order valence-electron chi connectivity index (χ4n) is 2.55. The van der Waals surface area contributed by atoms with Gasteiger partial charge in [-0.25, -0.2) is 0 Å². The van der Waals surface area contributed by atoms with Gasteiger partial charge in [0.25, 0.3) is 0 Å². The van der Waals surface area contributed by atoms with E-state index < -0.39 is 0 Å². The Labute approximate surface area is 108 Å². The van der Waals surface area contributed by atoms with Crippen LogP contribution in [0.1, 0.15) is 18.9 Å². The first-order valence-electron chi connectivity index (χ1n) is 6.46. The van der Waals surface area contributed by atoms with Crippen LogP contribution in [-0.2, 0) is 4.79 Å². The quantitative estimate of drug-likeness (QED) is 0.839. The van der Waals surface area contributed by atoms with Crippen LogP contribution in [0.15, 0.2) is 24.3 Å². The Bertz CT molecular complexity index is 433. The molecule has 0 radical (unpaired) electrons. The summed E-state index contributed by atoms with van der Waals surface area (Å²) in [6.45, 7) is 5.41. The molecular weight excluding hydrogens is 226 g/mol. The van der Waals surface area contributed by atoms with Gasteiger partial charge in [0.15, 0.2) is 0 Å². The molecule has 0 spiro atoms. The van der Waals surface area contributed by atoms with Gasteiger partial charge in [-0.05, 0) is 44.5 Å². The number of piperazine rings is 1. The number of aryl methyl sites for hydroxylation is 1. The average Bonchev–Trinajstić information content (AvgIpc) is 2.34. The predicted octanol–water partition coefficient (Wildman–Crippen LogP) is 1.04. The molecule has 1 fully saturated rings. The van der Waals surface area contributed by atoms with Gasteiger partial charge in [0.05, 0.1) is 0 Å². The zero-order chi connectivity index (χ0) is 13.1. The Morgan fingerprint density at radius 1 is 1.50 bits per heavy atom. The number of rotatable bonds is 3. The average molecular weight is 247 g/mol. The normalized spacial score (nSPS) is 23.9. The van der Waals surface area contributed by atoms with Crippen molar-refractivity contribution in [3.8, 4) is 0 Å². The van der Waals surface area contributed by atoms with Crippen LogP contribution in [0.25, 0.3) is 0 Å². The smallest absolute Gasteiger partial charge is 0.242 e. The maximum atomic E-state index is 12.0. The van der Waals surface area contributed by atoms with Crippen molar-refractivity contribution < 1.29 is 4.79 Å². The second-order valence-electron chi connectivity index (χ2n) is 4.93. The van der Waals surface area contributed by atoms with Crippen molar-refractivity contribution in [1.82, 2.24) is 5.32 Å². The van der Waals surface area contributed by atoms with Crippen LogP contribution in [0.4, 0.5) is 5.69 Å². The van der Waals surface area contributed by atoms with Gasteiger partial charge in [0, 0.05) is 18.3 Å². The summed E-state index contributed by atoms with van der Waals surface area (Å²) >= 11 is 0. The molecule has 1 saturated heterocycles. The molecule has 18 heavy (non-hydrogen) atoms. The van der Waals surface area contributed by atoms with Crippen molar-refractivity contribution in [1.29, 1.82) is 0 Å². The van der Waals surface area contributed by atoms with Crippen molar-refractivity contribution in [2.24, 2.45) is 5.73 Å². The number of carbonyl (C=O) groups excluding carboxylic acids is 1. The topological polar surface area (TPSA) is 58.4 Å². The summed E-state index contributed by atoms with van der Waals surface area (Å²) in [5.41, 5.74) is 7.94. The Hall–Kier alpha value is -1.55. The fourth-order valence-corrected chi connectivity index (χ4v) is 2.55. The van der Waals surface area contributed by atoms with E-state index in [9.17, 15) is 4.79 Å². The van der Waals surface area contributed by atoms with Gasteiger partial charge in [-0.2, -0.15) is 0 Å². The molecule has 98 valence electrons. The van der Waals surface area contributed by atoms with Crippen LogP contribution in [0.3, 0.4) is 0 Å². The SMILES string of the molecule is Cc1cccc(N2C(C)CNC(=O)C2CCN)c1. The Kier molecular flexibility index (Phi) is 3.87. The van der Waals surface area contributed by atoms with Crippen molar-refractivity contribution in [3.63, 3.8) is 0 Å². The molecule has 1 aromatic rings. The summed E-state index contributed by atoms with van der Waals surface area (Å²) in [5.74, 6) is 0.0834. The number of anilines is 1. The molecule has 2 rings (SSSR count). The molecule has 3 N–H and O–H groups in total. The van der Waals surface area contributed by atoms with Gasteiger partial charge < -0.3 is 16.0 Å². The van der Waals surface area contributed by atoms with E-state index in [0.717, 1.165) is 5.69 Å². The minimum absolute atomic E-state index is 0.0834. The highest BCUT2D eigenvalue weighted by molar-refractivity contribution is 5.87. The summed E-state index contributed by atoms with van der Waals surface area (Å²) in [6.07, 6.45) is 0.685. The largest absolute Gasteiger partial charge is 0.355 e. The number of benzene rings is 1. The maximum absolute atomic E-state index is 12.0. The summed E-state index contributed by atoms with van der Waals surface area (Å²) in [6, 6.07) is 8.42. The first-order valence-corrected chi connectivity index (χ1v) is 6.46. The molecule has 4 nitrogen and oxygen atoms in total. The van der Waals surface area contributed by atoms with Gasteiger partial charge in [-0.3, -0.25) is 4.79 Å². The van der Waals surface area contributed by atoms with Crippen molar-refractivity contribution in [2.75, 3.05) is 18.0 Å². The Balaban J connectivity index is 2.33. The molecule has 2 atom stereocenters. The molecule has 1 aliphatic rings. The van der Waals surface area contributed by atoms with Crippen molar-refractivity contribution >= 4 is 11.6 Å². The first kappa shape index (κ1) is 12.9. The second-order valence-corrected chi connectivity index (χ2v) is 4.93. The lowest BCUT2D eigenvalue weighted by atomic mass is 10.0. The van der Waals surface area contributed by atoms with Gasteiger partial charge >= 0.3 is 0 Å². The molecule has 1 heterocycles. The molecule has 0 bridgehead atoms. The fraction of sp³-hybridized carbons (Fsp3) is 0.500. The van der Waals surface area contributed by atoms with E-state index >= 15 is 0 Å². The number of hydrogen-bond donors (Lipinski definition) is 2.